The van der Waals surface area contributed by atoms with Gasteiger partial charge in [-0.2, -0.15) is 0 Å². The summed E-state index contributed by atoms with van der Waals surface area (Å²) in [7, 11) is 0. The maximum absolute atomic E-state index is 11.8. The maximum atomic E-state index is 11.8. The third-order valence-corrected chi connectivity index (χ3v) is 4.88. The Morgan fingerprint density at radius 1 is 1.23 bits per heavy atom. The molecule has 0 atom stereocenters. The zero-order chi connectivity index (χ0) is 19.2. The number of ether oxygens (including phenoxy) is 1. The van der Waals surface area contributed by atoms with Gasteiger partial charge in [0.2, 0.25) is 0 Å². The van der Waals surface area contributed by atoms with Gasteiger partial charge >= 0.3 is 0 Å². The van der Waals surface area contributed by atoms with Crippen LogP contribution in [0.3, 0.4) is 0 Å². The topological polar surface area (TPSA) is 67.4 Å². The van der Waals surface area contributed by atoms with Crippen LogP contribution in [0.2, 0.25) is 0 Å². The van der Waals surface area contributed by atoms with Crippen LogP contribution >= 0.6 is 27.3 Å². The van der Waals surface area contributed by atoms with Gasteiger partial charge in [-0.25, -0.2) is 0 Å². The summed E-state index contributed by atoms with van der Waals surface area (Å²) >= 11 is 4.98. The van der Waals surface area contributed by atoms with Crippen molar-refractivity contribution in [3.8, 4) is 5.75 Å². The van der Waals surface area contributed by atoms with Crippen LogP contribution in [0.5, 0.6) is 5.75 Å². The second-order valence-electron chi connectivity index (χ2n) is 6.57. The highest BCUT2D eigenvalue weighted by Crippen LogP contribution is 2.31. The van der Waals surface area contributed by atoms with Crippen molar-refractivity contribution >= 4 is 45.2 Å². The van der Waals surface area contributed by atoms with E-state index in [9.17, 15) is 9.59 Å². The van der Waals surface area contributed by atoms with Gasteiger partial charge in [-0.3, -0.25) is 20.4 Å². The molecule has 0 bridgehead atoms. The number of hydrazine groups is 1. The first-order valence-electron chi connectivity index (χ1n) is 7.99. The Balaban J connectivity index is 1.79. The fourth-order valence-electron chi connectivity index (χ4n) is 1.98. The number of amides is 2. The average molecular weight is 437 g/mol. The number of carbonyl (C=O) groups is 2. The van der Waals surface area contributed by atoms with Gasteiger partial charge in [0, 0.05) is 11.0 Å². The molecule has 138 valence electrons. The highest BCUT2D eigenvalue weighted by molar-refractivity contribution is 9.10. The van der Waals surface area contributed by atoms with Gasteiger partial charge in [0.25, 0.3) is 11.8 Å². The summed E-state index contributed by atoms with van der Waals surface area (Å²) in [4.78, 5) is 24.4. The molecule has 0 aliphatic carbocycles. The quantitative estimate of drug-likeness (QED) is 0.548. The Kier molecular flexibility index (Phi) is 6.99. The zero-order valence-electron chi connectivity index (χ0n) is 14.8. The number of rotatable bonds is 5. The molecule has 26 heavy (non-hydrogen) atoms. The molecule has 1 aromatic heterocycles. The molecule has 2 aromatic rings. The zero-order valence-corrected chi connectivity index (χ0v) is 17.2. The van der Waals surface area contributed by atoms with Crippen LogP contribution in [0.25, 0.3) is 6.08 Å². The third kappa shape index (κ3) is 6.31. The predicted octanol–water partition coefficient (Wildman–Crippen LogP) is 4.05. The first-order chi connectivity index (χ1) is 12.3. The molecule has 1 aromatic carbocycles. The molecule has 0 fully saturated rings. The summed E-state index contributed by atoms with van der Waals surface area (Å²) in [6.07, 6.45) is 3.03. The lowest BCUT2D eigenvalue weighted by atomic mass is 9.87. The number of thiophene rings is 1. The lowest BCUT2D eigenvalue weighted by Gasteiger charge is -2.20. The molecule has 0 saturated heterocycles. The maximum Gasteiger partial charge on any atom is 0.276 e. The summed E-state index contributed by atoms with van der Waals surface area (Å²) in [6, 6.07) is 9.55. The molecule has 0 radical (unpaired) electrons. The van der Waals surface area contributed by atoms with Gasteiger partial charge in [-0.1, -0.05) is 32.9 Å². The van der Waals surface area contributed by atoms with Crippen molar-refractivity contribution in [3.63, 3.8) is 0 Å². The van der Waals surface area contributed by atoms with Crippen LogP contribution in [0, 0.1) is 0 Å². The molecule has 0 saturated carbocycles. The SMILES string of the molecule is CC(C)(C)c1ccc(OCC(=O)NNC(=O)/C=C\c2cccs2)c(Br)c1. The smallest absolute Gasteiger partial charge is 0.276 e. The lowest BCUT2D eigenvalue weighted by molar-refractivity contribution is -0.128. The van der Waals surface area contributed by atoms with Crippen molar-refractivity contribution in [3.05, 3.63) is 56.7 Å². The molecule has 0 aliphatic rings. The van der Waals surface area contributed by atoms with Crippen LogP contribution in [-0.4, -0.2) is 18.4 Å². The van der Waals surface area contributed by atoms with Crippen LogP contribution in [0.4, 0.5) is 0 Å². The fourth-order valence-corrected chi connectivity index (χ4v) is 3.09. The van der Waals surface area contributed by atoms with Crippen molar-refractivity contribution < 1.29 is 14.3 Å². The van der Waals surface area contributed by atoms with E-state index in [1.54, 1.807) is 6.08 Å². The molecular formula is C19H21BrN2O3S. The van der Waals surface area contributed by atoms with E-state index in [2.05, 4.69) is 47.6 Å². The normalized spacial score (nSPS) is 11.4. The van der Waals surface area contributed by atoms with Crippen LogP contribution < -0.4 is 15.6 Å². The summed E-state index contributed by atoms with van der Waals surface area (Å²) in [5.74, 6) is -0.297. The van der Waals surface area contributed by atoms with Crippen molar-refractivity contribution in [2.45, 2.75) is 26.2 Å². The number of nitrogens with one attached hydrogen (secondary N) is 2. The summed E-state index contributed by atoms with van der Waals surface area (Å²) < 4.78 is 6.27. The number of hydrogen-bond acceptors (Lipinski definition) is 4. The van der Waals surface area contributed by atoms with Gasteiger partial charge < -0.3 is 4.74 Å². The van der Waals surface area contributed by atoms with E-state index < -0.39 is 11.8 Å². The molecule has 2 amide bonds. The summed E-state index contributed by atoms with van der Waals surface area (Å²) in [6.45, 7) is 6.16. The highest BCUT2D eigenvalue weighted by Gasteiger charge is 2.15. The number of halogens is 1. The minimum absolute atomic E-state index is 0.0271. The van der Waals surface area contributed by atoms with E-state index in [0.717, 1.165) is 14.9 Å². The van der Waals surface area contributed by atoms with E-state index >= 15 is 0 Å². The number of benzene rings is 1. The largest absolute Gasteiger partial charge is 0.483 e. The van der Waals surface area contributed by atoms with Gasteiger partial charge in [-0.15, -0.1) is 11.3 Å². The van der Waals surface area contributed by atoms with Crippen molar-refractivity contribution in [1.82, 2.24) is 10.9 Å². The second kappa shape index (κ2) is 9.00. The molecule has 0 spiro atoms. The Morgan fingerprint density at radius 3 is 2.62 bits per heavy atom. The molecule has 5 nitrogen and oxygen atoms in total. The highest BCUT2D eigenvalue weighted by atomic mass is 79.9. The Hall–Kier alpha value is -2.12. The van der Waals surface area contributed by atoms with Crippen LogP contribution in [-0.2, 0) is 15.0 Å². The number of carbonyl (C=O) groups excluding carboxylic acids is 2. The predicted molar refractivity (Wildman–Crippen MR) is 108 cm³/mol. The van der Waals surface area contributed by atoms with Gasteiger partial charge in [0.15, 0.2) is 6.61 Å². The number of hydrogen-bond donors (Lipinski definition) is 2. The first-order valence-corrected chi connectivity index (χ1v) is 9.66. The van der Waals surface area contributed by atoms with E-state index in [0.29, 0.717) is 5.75 Å². The van der Waals surface area contributed by atoms with Gasteiger partial charge in [0.1, 0.15) is 5.75 Å². The minimum Gasteiger partial charge on any atom is -0.483 e. The van der Waals surface area contributed by atoms with E-state index in [1.165, 1.54) is 17.4 Å². The lowest BCUT2D eigenvalue weighted by Crippen LogP contribution is -2.43. The Bertz CT molecular complexity index is 796. The van der Waals surface area contributed by atoms with E-state index in [4.69, 9.17) is 4.74 Å². The monoisotopic (exact) mass is 436 g/mol. The molecule has 0 unspecified atom stereocenters. The molecule has 1 heterocycles. The molecule has 2 N–H and O–H groups in total. The standard InChI is InChI=1S/C19H21BrN2O3S/c1-19(2,3)13-6-8-16(15(20)11-13)25-12-18(24)22-21-17(23)9-7-14-5-4-10-26-14/h4-11H,12H2,1-3H3,(H,21,23)(H,22,24)/b9-7-. The first kappa shape index (κ1) is 20.2. The van der Waals surface area contributed by atoms with E-state index in [1.807, 2.05) is 35.7 Å². The van der Waals surface area contributed by atoms with Gasteiger partial charge in [0.05, 0.1) is 4.47 Å². The molecule has 2 rings (SSSR count). The Morgan fingerprint density at radius 2 is 2.00 bits per heavy atom. The fraction of sp³-hybridized carbons (Fsp3) is 0.263. The molecular weight excluding hydrogens is 416 g/mol. The van der Waals surface area contributed by atoms with E-state index in [-0.39, 0.29) is 12.0 Å². The summed E-state index contributed by atoms with van der Waals surface area (Å²) in [5, 5.41) is 1.92. The minimum atomic E-state index is -0.449. The third-order valence-electron chi connectivity index (χ3n) is 3.42. The van der Waals surface area contributed by atoms with Crippen molar-refractivity contribution in [1.29, 1.82) is 0 Å². The second-order valence-corrected chi connectivity index (χ2v) is 8.40. The van der Waals surface area contributed by atoms with Crippen molar-refractivity contribution in [2.24, 2.45) is 0 Å². The Labute approximate surface area is 165 Å². The van der Waals surface area contributed by atoms with Crippen LogP contribution in [0.1, 0.15) is 31.2 Å². The van der Waals surface area contributed by atoms with Gasteiger partial charge in [-0.05, 0) is 56.6 Å². The molecule has 0 aliphatic heterocycles. The average Bonchev–Trinajstić information content (AvgIpc) is 3.09. The molecule has 7 heteroatoms. The summed E-state index contributed by atoms with van der Waals surface area (Å²) in [5.41, 5.74) is 5.81. The van der Waals surface area contributed by atoms with Crippen molar-refractivity contribution in [2.75, 3.05) is 6.61 Å². The van der Waals surface area contributed by atoms with Crippen LogP contribution in [0.15, 0.2) is 46.3 Å².